The molecule has 670 valence electrons. The SMILES string of the molecule is CC1(C)OB(c2cccc(C3(c4cccc(B5OC(C)(C)C(C)(C)O5)c4)c4ccccc4-c4ccccc43)c2)OC1(C)C.[CH3][Ge]([CH3])([CH3])[c]1ccc(-c2[c-]c(C3(c4[c-]c(-c5cc[c]([Ge]([CH3])([CH3])[CH3])cn5)ccc4)c4ccccc4-c4ccccc43)ccc2)nc1.[CH3][Ge]([CH3])([CH3])[c]1ccc(-c2cccc(C3(c4cccc(-c5cc[c]([Ge]([CH3])([CH3])[CH3])cn5)c4)c4ccccc4-c4ccccc43)c2)nc1.[Pt+2]. The van der Waals surface area contributed by atoms with Crippen LogP contribution in [0.5, 0.6) is 0 Å². The zero-order chi connectivity index (χ0) is 93.2. The Balaban J connectivity index is 0.000000134. The second-order valence-electron chi connectivity index (χ2n) is 42.8. The molecule has 8 nitrogen and oxygen atoms in total. The second kappa shape index (κ2) is 35.9. The van der Waals surface area contributed by atoms with Gasteiger partial charge in [0.2, 0.25) is 0 Å². The van der Waals surface area contributed by atoms with Gasteiger partial charge in [0.1, 0.15) is 0 Å². The Morgan fingerprint density at radius 3 is 0.739 bits per heavy atom. The Morgan fingerprint density at radius 2 is 0.478 bits per heavy atom. The van der Waals surface area contributed by atoms with Crippen LogP contribution in [-0.4, -0.2) is 110 Å². The van der Waals surface area contributed by atoms with E-state index >= 15 is 0 Å². The van der Waals surface area contributed by atoms with Crippen molar-refractivity contribution in [1.82, 2.24) is 19.9 Å². The summed E-state index contributed by atoms with van der Waals surface area (Å²) in [5.74, 6) is 28.9. The van der Waals surface area contributed by atoms with Crippen molar-refractivity contribution in [2.24, 2.45) is 0 Å². The first-order valence-electron chi connectivity index (χ1n) is 47.0. The van der Waals surface area contributed by atoms with Crippen LogP contribution in [0.25, 0.3) is 78.4 Å². The Labute approximate surface area is 820 Å². The van der Waals surface area contributed by atoms with E-state index in [0.717, 1.165) is 67.1 Å². The van der Waals surface area contributed by atoms with Gasteiger partial charge in [-0.2, -0.15) is 0 Å². The molecule has 21 rings (SSSR count). The summed E-state index contributed by atoms with van der Waals surface area (Å²) >= 11 is -7.87. The first-order chi connectivity index (χ1) is 63.4. The average molecular weight is 2180 g/mol. The topological polar surface area (TPSA) is 88.5 Å². The van der Waals surface area contributed by atoms with Gasteiger partial charge in [-0.05, 0) is 99.7 Å². The fraction of sp³-hybridized carbons (Fsp3) is 0.227. The molecule has 4 aromatic heterocycles. The summed E-state index contributed by atoms with van der Waals surface area (Å²) in [7, 11) is -0.907. The van der Waals surface area contributed by atoms with Crippen molar-refractivity contribution < 1.29 is 39.7 Å². The van der Waals surface area contributed by atoms with Gasteiger partial charge in [0.05, 0.1) is 27.8 Å². The Morgan fingerprint density at radius 1 is 0.239 bits per heavy atom. The molecule has 2 saturated heterocycles. The summed E-state index contributed by atoms with van der Waals surface area (Å²) in [4.78, 5) is 19.9. The molecule has 0 saturated carbocycles. The smallest absolute Gasteiger partial charge is 2.00 e. The number of rotatable bonds is 16. The van der Waals surface area contributed by atoms with Crippen molar-refractivity contribution in [2.45, 2.75) is 163 Å². The number of hydrogen-bond acceptors (Lipinski definition) is 8. The van der Waals surface area contributed by atoms with Crippen LogP contribution in [0.4, 0.5) is 0 Å². The van der Waals surface area contributed by atoms with E-state index in [4.69, 9.17) is 38.6 Å². The van der Waals surface area contributed by atoms with E-state index in [0.29, 0.717) is 0 Å². The third-order valence-corrected chi connectivity index (χ3v) is 46.2. The average Bonchev–Trinajstić information content (AvgIpc) is 1.54. The van der Waals surface area contributed by atoms with Crippen LogP contribution >= 0.6 is 0 Å². The summed E-state index contributed by atoms with van der Waals surface area (Å²) in [5, 5.41) is 0. The van der Waals surface area contributed by atoms with Crippen molar-refractivity contribution in [3.8, 4) is 78.4 Å². The number of fused-ring (bicyclic) bond motifs is 9. The molecule has 5 aliphatic rings. The van der Waals surface area contributed by atoms with Crippen molar-refractivity contribution in [2.75, 3.05) is 0 Å². The van der Waals surface area contributed by atoms with E-state index in [1.54, 1.807) is 0 Å². The van der Waals surface area contributed by atoms with Gasteiger partial charge in [-0.25, -0.2) is 0 Å². The van der Waals surface area contributed by atoms with Crippen molar-refractivity contribution >= 4 is 95.8 Å². The summed E-state index contributed by atoms with van der Waals surface area (Å²) in [5.41, 5.74) is 29.2. The molecule has 0 spiro atoms. The molecule has 0 N–H and O–H groups in total. The zero-order valence-electron chi connectivity index (χ0n) is 80.9. The van der Waals surface area contributed by atoms with E-state index < -0.39 is 106 Å². The molecular weight excluding hydrogens is 2060 g/mol. The maximum Gasteiger partial charge on any atom is 2.00 e. The minimum absolute atomic E-state index is 0. The summed E-state index contributed by atoms with van der Waals surface area (Å²) in [6, 6.07) is 128. The fourth-order valence-corrected chi connectivity index (χ4v) is 29.0. The third kappa shape index (κ3) is 16.8. The molecule has 0 bridgehead atoms. The van der Waals surface area contributed by atoms with E-state index in [1.807, 2.05) is 0 Å². The van der Waals surface area contributed by atoms with Crippen LogP contribution in [0.3, 0.4) is 0 Å². The van der Waals surface area contributed by atoms with E-state index in [2.05, 4.69) is 489 Å². The van der Waals surface area contributed by atoms with Crippen LogP contribution < -0.4 is 28.5 Å². The molecular formula is C119H118B2Ge4N4O4Pt. The number of aromatic nitrogens is 4. The molecule has 6 heterocycles. The number of pyridine rings is 4. The van der Waals surface area contributed by atoms with E-state index in [9.17, 15) is 0 Å². The summed E-state index contributed by atoms with van der Waals surface area (Å²) in [6.07, 6.45) is 8.40. The Hall–Kier alpha value is -9.93. The molecule has 2 fully saturated rings. The number of nitrogens with zero attached hydrogens (tertiary/aromatic N) is 4. The van der Waals surface area contributed by atoms with Crippen molar-refractivity contribution in [3.63, 3.8) is 0 Å². The van der Waals surface area contributed by atoms with Gasteiger partial charge in [-0.3, -0.25) is 0 Å². The standard InChI is InChI=1S/C41H40Ge2N2.C41H38Ge2N2.C37H40B2O4.Pt/c2*1-42(2,3)33-21-23-39(44-27-33)29-13-11-15-31(25-29)41(37-19-9-7-17-35(37)36-18-8-10-20-38(36)41)32-16-12-14-30(26-32)40-24-22-34(28-45-40)43(4,5)6;1-33(2)34(3,4)41-38(40-33)27-17-13-15-25(23-27)37(31-21-11-9-19-29(31)30-20-10-12-22-32(30)37)26-16-14-18-28(24-26)39-42-35(5,6)36(7,8)43-39;/h7-28H,1-6H3;7-24,27-28H,1-6H3;9-24H,1-8H3;/q;-2;;+2. The quantitative estimate of drug-likeness (QED) is 0.0698. The molecule has 3 aliphatic carbocycles. The molecule has 134 heavy (non-hydrogen) atoms. The first-order valence-corrected chi connectivity index (χ1v) is 76.4. The minimum atomic E-state index is -1.97. The van der Waals surface area contributed by atoms with Crippen molar-refractivity contribution in [3.05, 3.63) is 431 Å². The van der Waals surface area contributed by atoms with Crippen LogP contribution in [0.1, 0.15) is 122 Å². The number of benzene rings is 12. The molecule has 12 aromatic carbocycles. The van der Waals surface area contributed by atoms with Crippen LogP contribution in [-0.2, 0) is 55.9 Å². The molecule has 0 atom stereocenters. The zero-order valence-corrected chi connectivity index (χ0v) is 91.5. The van der Waals surface area contributed by atoms with Gasteiger partial charge in [0, 0.05) is 0 Å². The maximum atomic E-state index is 6.52. The Bertz CT molecular complexity index is 6360. The summed E-state index contributed by atoms with van der Waals surface area (Å²) < 4.78 is 31.7. The second-order valence-corrected chi connectivity index (χ2v) is 85.4. The van der Waals surface area contributed by atoms with E-state index in [1.165, 1.54) is 107 Å². The van der Waals surface area contributed by atoms with Gasteiger partial charge in [0.15, 0.2) is 0 Å². The number of hydrogen-bond donors (Lipinski definition) is 0. The minimum Gasteiger partial charge on any atom is 2.00 e. The van der Waals surface area contributed by atoms with Gasteiger partial charge < -0.3 is 18.6 Å². The van der Waals surface area contributed by atoms with E-state index in [-0.39, 0.29) is 21.1 Å². The van der Waals surface area contributed by atoms with Gasteiger partial charge in [-0.15, -0.1) is 0 Å². The first kappa shape index (κ1) is 94.4. The molecule has 0 unspecified atom stereocenters. The predicted molar refractivity (Wildman–Crippen MR) is 565 cm³/mol. The largest absolute Gasteiger partial charge is 2.00 e. The molecule has 0 amide bonds. The van der Waals surface area contributed by atoms with Crippen LogP contribution in [0.2, 0.25) is 69.1 Å². The third-order valence-electron chi connectivity index (χ3n) is 29.2. The van der Waals surface area contributed by atoms with Crippen LogP contribution in [0.15, 0.2) is 352 Å². The van der Waals surface area contributed by atoms with Crippen molar-refractivity contribution in [1.29, 1.82) is 0 Å². The van der Waals surface area contributed by atoms with Crippen LogP contribution in [0, 0.1) is 12.1 Å². The summed E-state index contributed by atoms with van der Waals surface area (Å²) in [6.45, 7) is 16.8. The normalized spacial score (nSPS) is 16.3. The molecule has 0 radical (unpaired) electrons. The Kier molecular flexibility index (Phi) is 25.3. The monoisotopic (exact) mass is 2180 g/mol. The van der Waals surface area contributed by atoms with Gasteiger partial charge in [-0.1, -0.05) is 97.1 Å². The fourth-order valence-electron chi connectivity index (χ4n) is 20.3. The molecule has 2 aliphatic heterocycles. The van der Waals surface area contributed by atoms with Gasteiger partial charge in [0.25, 0.3) is 0 Å². The molecule has 16 aromatic rings. The maximum absolute atomic E-state index is 6.52. The predicted octanol–water partition coefficient (Wildman–Crippen LogP) is 24.8. The molecule has 15 heteroatoms. The van der Waals surface area contributed by atoms with Gasteiger partial charge >= 0.3 is 585 Å².